The van der Waals surface area contributed by atoms with E-state index in [0.717, 1.165) is 16.9 Å². The van der Waals surface area contributed by atoms with E-state index in [-0.39, 0.29) is 5.91 Å². The van der Waals surface area contributed by atoms with Crippen molar-refractivity contribution in [1.82, 2.24) is 14.9 Å². The molecule has 5 nitrogen and oxygen atoms in total. The van der Waals surface area contributed by atoms with E-state index in [1.807, 2.05) is 0 Å². The van der Waals surface area contributed by atoms with Crippen molar-refractivity contribution in [1.29, 1.82) is 0 Å². The lowest BCUT2D eigenvalue weighted by molar-refractivity contribution is -0.121. The highest BCUT2D eigenvalue weighted by molar-refractivity contribution is 5.78. The van der Waals surface area contributed by atoms with Crippen molar-refractivity contribution in [2.75, 3.05) is 6.54 Å². The average Bonchev–Trinajstić information content (AvgIpc) is 3.19. The predicted molar refractivity (Wildman–Crippen MR) is 78.3 cm³/mol. The molecule has 20 heavy (non-hydrogen) atoms. The van der Waals surface area contributed by atoms with Gasteiger partial charge in [-0.2, -0.15) is 0 Å². The Labute approximate surface area is 118 Å². The second-order valence-corrected chi connectivity index (χ2v) is 5.40. The van der Waals surface area contributed by atoms with Crippen LogP contribution in [0.1, 0.15) is 36.7 Å². The number of rotatable bonds is 5. The number of nitrogens with one attached hydrogen (secondary N) is 1. The average molecular weight is 272 g/mol. The van der Waals surface area contributed by atoms with Gasteiger partial charge in [0.25, 0.3) is 0 Å². The lowest BCUT2D eigenvalue weighted by Crippen LogP contribution is -2.24. The lowest BCUT2D eigenvalue weighted by Gasteiger charge is -2.06. The molecule has 1 amide bonds. The van der Waals surface area contributed by atoms with Crippen LogP contribution in [-0.2, 0) is 11.3 Å². The number of carbonyl (C=O) groups is 1. The molecule has 0 unspecified atom stereocenters. The van der Waals surface area contributed by atoms with Crippen molar-refractivity contribution in [2.45, 2.75) is 38.8 Å². The molecule has 0 atom stereocenters. The third-order valence-electron chi connectivity index (χ3n) is 3.70. The van der Waals surface area contributed by atoms with Gasteiger partial charge in [0.2, 0.25) is 5.91 Å². The summed E-state index contributed by atoms with van der Waals surface area (Å²) in [6.45, 7) is 2.97. The number of benzene rings is 1. The fourth-order valence-corrected chi connectivity index (χ4v) is 2.59. The summed E-state index contributed by atoms with van der Waals surface area (Å²) in [4.78, 5) is 16.1. The second-order valence-electron chi connectivity index (χ2n) is 5.40. The number of amides is 1. The van der Waals surface area contributed by atoms with Crippen LogP contribution in [0.25, 0.3) is 11.0 Å². The fraction of sp³-hybridized carbons (Fsp3) is 0.467. The minimum absolute atomic E-state index is 0.00714. The van der Waals surface area contributed by atoms with E-state index in [0.29, 0.717) is 25.6 Å². The normalized spacial score (nSPS) is 14.7. The van der Waals surface area contributed by atoms with Crippen LogP contribution >= 0.6 is 0 Å². The number of nitrogens with two attached hydrogens (primary N) is 1. The van der Waals surface area contributed by atoms with E-state index in [2.05, 4.69) is 40.0 Å². The zero-order valence-electron chi connectivity index (χ0n) is 11.7. The maximum absolute atomic E-state index is 11.4. The zero-order valence-corrected chi connectivity index (χ0v) is 11.7. The van der Waals surface area contributed by atoms with Gasteiger partial charge >= 0.3 is 0 Å². The maximum Gasteiger partial charge on any atom is 0.221 e. The number of imidazole rings is 1. The molecular weight excluding hydrogens is 252 g/mol. The highest BCUT2D eigenvalue weighted by Crippen LogP contribution is 2.38. The Bertz CT molecular complexity index is 643. The van der Waals surface area contributed by atoms with E-state index in [1.54, 1.807) is 0 Å². The number of aromatic nitrogens is 2. The number of hydrogen-bond acceptors (Lipinski definition) is 3. The molecule has 1 heterocycles. The molecule has 1 aromatic carbocycles. The monoisotopic (exact) mass is 272 g/mol. The van der Waals surface area contributed by atoms with Crippen LogP contribution < -0.4 is 11.1 Å². The first-order chi connectivity index (χ1) is 9.69. The molecule has 0 saturated heterocycles. The molecule has 1 aromatic heterocycles. The van der Waals surface area contributed by atoms with Gasteiger partial charge in [-0.25, -0.2) is 4.98 Å². The van der Waals surface area contributed by atoms with E-state index >= 15 is 0 Å². The van der Waals surface area contributed by atoms with Gasteiger partial charge in [-0.1, -0.05) is 6.07 Å². The summed E-state index contributed by atoms with van der Waals surface area (Å²) in [7, 11) is 0. The molecule has 5 heteroatoms. The Morgan fingerprint density at radius 1 is 1.50 bits per heavy atom. The van der Waals surface area contributed by atoms with Gasteiger partial charge in [-0.3, -0.25) is 4.79 Å². The molecule has 3 N–H and O–H groups in total. The Hall–Kier alpha value is -1.88. The molecule has 2 aromatic rings. The summed E-state index contributed by atoms with van der Waals surface area (Å²) in [5.74, 6) is 1.07. The third kappa shape index (κ3) is 2.54. The van der Waals surface area contributed by atoms with Gasteiger partial charge in [0.1, 0.15) is 5.82 Å². The van der Waals surface area contributed by atoms with Crippen molar-refractivity contribution in [3.63, 3.8) is 0 Å². The number of carbonyl (C=O) groups excluding carboxylic acids is 1. The number of fused-ring (bicyclic) bond motifs is 1. The van der Waals surface area contributed by atoms with Gasteiger partial charge < -0.3 is 15.6 Å². The molecule has 1 aliphatic carbocycles. The molecular formula is C15H20N4O. The van der Waals surface area contributed by atoms with Gasteiger partial charge in [-0.05, 0) is 37.5 Å². The Balaban J connectivity index is 1.79. The molecule has 3 rings (SSSR count). The molecule has 0 radical (unpaired) electrons. The smallest absolute Gasteiger partial charge is 0.221 e. The van der Waals surface area contributed by atoms with Gasteiger partial charge in [0, 0.05) is 25.6 Å². The predicted octanol–water partition coefficient (Wildman–Crippen LogP) is 1.64. The van der Waals surface area contributed by atoms with Crippen LogP contribution in [0.4, 0.5) is 0 Å². The molecule has 106 valence electrons. The fourth-order valence-electron chi connectivity index (χ4n) is 2.59. The standard InChI is InChI=1S/C15H20N4O/c1-10-18-13-8-11(9-17-15(20)6-7-16)2-5-14(13)19(10)12-3-4-12/h2,5,8,12H,3-4,6-7,9,16H2,1H3,(H,17,20). The first kappa shape index (κ1) is 13.1. The van der Waals surface area contributed by atoms with Crippen LogP contribution in [0.2, 0.25) is 0 Å². The molecule has 1 saturated carbocycles. The third-order valence-corrected chi connectivity index (χ3v) is 3.70. The quantitative estimate of drug-likeness (QED) is 0.869. The number of hydrogen-bond donors (Lipinski definition) is 2. The van der Waals surface area contributed by atoms with E-state index in [4.69, 9.17) is 5.73 Å². The van der Waals surface area contributed by atoms with Gasteiger partial charge in [0.05, 0.1) is 11.0 Å². The van der Waals surface area contributed by atoms with Gasteiger partial charge in [-0.15, -0.1) is 0 Å². The number of aryl methyl sites for hydroxylation is 1. The van der Waals surface area contributed by atoms with Crippen molar-refractivity contribution < 1.29 is 4.79 Å². The Morgan fingerprint density at radius 3 is 3.00 bits per heavy atom. The Kier molecular flexibility index (Phi) is 3.44. The minimum atomic E-state index is -0.00714. The zero-order chi connectivity index (χ0) is 14.1. The lowest BCUT2D eigenvalue weighted by atomic mass is 10.2. The first-order valence-corrected chi connectivity index (χ1v) is 7.13. The van der Waals surface area contributed by atoms with E-state index in [9.17, 15) is 4.79 Å². The SMILES string of the molecule is Cc1nc2cc(CNC(=O)CCN)ccc2n1C1CC1. The molecule has 0 aliphatic heterocycles. The molecule has 1 fully saturated rings. The summed E-state index contributed by atoms with van der Waals surface area (Å²) in [6.07, 6.45) is 2.88. The van der Waals surface area contributed by atoms with Crippen molar-refractivity contribution in [3.8, 4) is 0 Å². The summed E-state index contributed by atoms with van der Waals surface area (Å²) < 4.78 is 2.33. The second kappa shape index (κ2) is 5.25. The highest BCUT2D eigenvalue weighted by atomic mass is 16.1. The van der Waals surface area contributed by atoms with Gasteiger partial charge in [0.15, 0.2) is 0 Å². The van der Waals surface area contributed by atoms with Crippen LogP contribution in [0.3, 0.4) is 0 Å². The Morgan fingerprint density at radius 2 is 2.30 bits per heavy atom. The van der Waals surface area contributed by atoms with Crippen LogP contribution in [-0.4, -0.2) is 22.0 Å². The first-order valence-electron chi connectivity index (χ1n) is 7.13. The molecule has 0 bridgehead atoms. The summed E-state index contributed by atoms with van der Waals surface area (Å²) in [5.41, 5.74) is 8.64. The minimum Gasteiger partial charge on any atom is -0.352 e. The van der Waals surface area contributed by atoms with Crippen molar-refractivity contribution in [2.24, 2.45) is 5.73 Å². The summed E-state index contributed by atoms with van der Waals surface area (Å²) in [5, 5.41) is 2.87. The van der Waals surface area contributed by atoms with E-state index < -0.39 is 0 Å². The van der Waals surface area contributed by atoms with E-state index in [1.165, 1.54) is 18.4 Å². The molecule has 0 spiro atoms. The molecule has 1 aliphatic rings. The van der Waals surface area contributed by atoms with Crippen LogP contribution in [0, 0.1) is 6.92 Å². The van der Waals surface area contributed by atoms with Crippen molar-refractivity contribution >= 4 is 16.9 Å². The topological polar surface area (TPSA) is 72.9 Å². The number of nitrogens with zero attached hydrogens (tertiary/aromatic N) is 2. The largest absolute Gasteiger partial charge is 0.352 e. The van der Waals surface area contributed by atoms with Crippen LogP contribution in [0.15, 0.2) is 18.2 Å². The summed E-state index contributed by atoms with van der Waals surface area (Å²) >= 11 is 0. The maximum atomic E-state index is 11.4. The van der Waals surface area contributed by atoms with Crippen molar-refractivity contribution in [3.05, 3.63) is 29.6 Å². The summed E-state index contributed by atoms with van der Waals surface area (Å²) in [6, 6.07) is 6.86. The highest BCUT2D eigenvalue weighted by Gasteiger charge is 2.26. The van der Waals surface area contributed by atoms with Crippen LogP contribution in [0.5, 0.6) is 0 Å².